The van der Waals surface area contributed by atoms with E-state index in [1.54, 1.807) is 0 Å². The van der Waals surface area contributed by atoms with E-state index in [2.05, 4.69) is 39.8 Å². The molecule has 0 saturated heterocycles. The summed E-state index contributed by atoms with van der Waals surface area (Å²) < 4.78 is 13.6. The Balaban J connectivity index is 1.33. The Morgan fingerprint density at radius 1 is 1.00 bits per heavy atom. The molecule has 5 rings (SSSR count). The molecule has 3 aromatic heterocycles. The first-order chi connectivity index (χ1) is 14.2. The van der Waals surface area contributed by atoms with Gasteiger partial charge in [0.2, 0.25) is 5.88 Å². The standard InChI is InChI=1S/C23H23N3O3/c1-26-21-6-7-24-14-20(21)19-4-2-15(10-22(19)26)16-3-5-23(25-13-16)29-18-11-17(12-18)28-9-8-27/h2-7,10,13-14,17-18,27H,8-9,11-12H2,1H3/t17-,18-. The summed E-state index contributed by atoms with van der Waals surface area (Å²) in [6.45, 7) is 0.453. The van der Waals surface area contributed by atoms with Crippen LogP contribution in [0.5, 0.6) is 5.88 Å². The highest BCUT2D eigenvalue weighted by Crippen LogP contribution is 2.32. The van der Waals surface area contributed by atoms with Gasteiger partial charge in [0.05, 0.1) is 24.8 Å². The maximum atomic E-state index is 8.80. The predicted octanol–water partition coefficient (Wildman–Crippen LogP) is 3.71. The lowest BCUT2D eigenvalue weighted by molar-refractivity contribution is -0.0699. The summed E-state index contributed by atoms with van der Waals surface area (Å²) in [7, 11) is 2.08. The van der Waals surface area contributed by atoms with Crippen LogP contribution in [-0.4, -0.2) is 45.1 Å². The molecule has 148 valence electrons. The lowest BCUT2D eigenvalue weighted by Crippen LogP contribution is -2.40. The highest BCUT2D eigenvalue weighted by Gasteiger charge is 2.31. The molecule has 0 spiro atoms. The van der Waals surface area contributed by atoms with E-state index in [4.69, 9.17) is 14.6 Å². The fourth-order valence-corrected chi connectivity index (χ4v) is 3.99. The zero-order valence-corrected chi connectivity index (χ0v) is 16.3. The van der Waals surface area contributed by atoms with Gasteiger partial charge in [0.25, 0.3) is 0 Å². The number of hydrogen-bond donors (Lipinski definition) is 1. The minimum absolute atomic E-state index is 0.0620. The van der Waals surface area contributed by atoms with Gasteiger partial charge < -0.3 is 19.1 Å². The van der Waals surface area contributed by atoms with Crippen molar-refractivity contribution in [1.29, 1.82) is 0 Å². The Hall–Kier alpha value is -2.96. The van der Waals surface area contributed by atoms with E-state index in [0.717, 1.165) is 24.0 Å². The van der Waals surface area contributed by atoms with Gasteiger partial charge in [-0.15, -0.1) is 0 Å². The first-order valence-electron chi connectivity index (χ1n) is 9.90. The largest absolute Gasteiger partial charge is 0.474 e. The third-order valence-electron chi connectivity index (χ3n) is 5.66. The molecule has 3 heterocycles. The first kappa shape index (κ1) is 18.1. The van der Waals surface area contributed by atoms with Crippen molar-refractivity contribution in [2.75, 3.05) is 13.2 Å². The molecule has 0 atom stereocenters. The summed E-state index contributed by atoms with van der Waals surface area (Å²) in [6.07, 6.45) is 7.62. The van der Waals surface area contributed by atoms with Gasteiger partial charge in [0.15, 0.2) is 0 Å². The Labute approximate surface area is 168 Å². The van der Waals surface area contributed by atoms with Crippen molar-refractivity contribution in [1.82, 2.24) is 14.5 Å². The number of aromatic nitrogens is 3. The van der Waals surface area contributed by atoms with Gasteiger partial charge in [-0.2, -0.15) is 0 Å². The topological polar surface area (TPSA) is 69.4 Å². The van der Waals surface area contributed by atoms with E-state index < -0.39 is 0 Å². The number of aliphatic hydroxyl groups is 1. The highest BCUT2D eigenvalue weighted by atomic mass is 16.5. The van der Waals surface area contributed by atoms with Gasteiger partial charge in [0, 0.05) is 66.4 Å². The van der Waals surface area contributed by atoms with E-state index in [0.29, 0.717) is 12.5 Å². The second kappa shape index (κ2) is 7.46. The van der Waals surface area contributed by atoms with E-state index >= 15 is 0 Å². The van der Waals surface area contributed by atoms with Crippen LogP contribution in [0.15, 0.2) is 55.0 Å². The molecule has 1 saturated carbocycles. The van der Waals surface area contributed by atoms with Crippen molar-refractivity contribution in [2.45, 2.75) is 25.0 Å². The Kier molecular flexibility index (Phi) is 4.66. The van der Waals surface area contributed by atoms with Crippen LogP contribution in [0.1, 0.15) is 12.8 Å². The molecule has 1 fully saturated rings. The predicted molar refractivity (Wildman–Crippen MR) is 112 cm³/mol. The summed E-state index contributed by atoms with van der Waals surface area (Å²) in [6, 6.07) is 12.5. The van der Waals surface area contributed by atoms with Gasteiger partial charge in [-0.25, -0.2) is 4.98 Å². The quantitative estimate of drug-likeness (QED) is 0.544. The fraction of sp³-hybridized carbons (Fsp3) is 0.304. The average Bonchev–Trinajstić information content (AvgIpc) is 3.02. The Morgan fingerprint density at radius 3 is 2.66 bits per heavy atom. The maximum absolute atomic E-state index is 8.80. The van der Waals surface area contributed by atoms with E-state index in [9.17, 15) is 0 Å². The normalized spacial score (nSPS) is 18.8. The average molecular weight is 389 g/mol. The minimum Gasteiger partial charge on any atom is -0.474 e. The van der Waals surface area contributed by atoms with E-state index in [-0.39, 0.29) is 18.8 Å². The van der Waals surface area contributed by atoms with Crippen LogP contribution in [0, 0.1) is 0 Å². The van der Waals surface area contributed by atoms with E-state index in [1.165, 1.54) is 21.8 Å². The lowest BCUT2D eigenvalue weighted by Gasteiger charge is -2.34. The van der Waals surface area contributed by atoms with Gasteiger partial charge in [0.1, 0.15) is 6.10 Å². The molecule has 0 aliphatic heterocycles. The summed E-state index contributed by atoms with van der Waals surface area (Å²) in [5.41, 5.74) is 4.53. The molecule has 0 unspecified atom stereocenters. The first-order valence-corrected chi connectivity index (χ1v) is 9.90. The van der Waals surface area contributed by atoms with Crippen LogP contribution in [0.4, 0.5) is 0 Å². The van der Waals surface area contributed by atoms with Crippen molar-refractivity contribution in [2.24, 2.45) is 7.05 Å². The Bertz CT molecular complexity index is 1150. The number of fused-ring (bicyclic) bond motifs is 3. The summed E-state index contributed by atoms with van der Waals surface area (Å²) >= 11 is 0. The molecule has 0 bridgehead atoms. The van der Waals surface area contributed by atoms with Crippen LogP contribution in [0.3, 0.4) is 0 Å². The molecular formula is C23H23N3O3. The molecule has 1 N–H and O–H groups in total. The van der Waals surface area contributed by atoms with Crippen molar-refractivity contribution in [3.05, 3.63) is 55.0 Å². The highest BCUT2D eigenvalue weighted by molar-refractivity contribution is 6.08. The third kappa shape index (κ3) is 3.34. The molecule has 0 radical (unpaired) electrons. The molecule has 1 aromatic carbocycles. The lowest BCUT2D eigenvalue weighted by atomic mass is 9.92. The second-order valence-electron chi connectivity index (χ2n) is 7.50. The van der Waals surface area contributed by atoms with Crippen LogP contribution >= 0.6 is 0 Å². The van der Waals surface area contributed by atoms with Crippen molar-refractivity contribution in [3.8, 4) is 17.0 Å². The smallest absolute Gasteiger partial charge is 0.213 e. The molecule has 6 heteroatoms. The summed E-state index contributed by atoms with van der Waals surface area (Å²) in [5.74, 6) is 0.635. The fourth-order valence-electron chi connectivity index (χ4n) is 3.99. The number of aliphatic hydroxyl groups excluding tert-OH is 1. The van der Waals surface area contributed by atoms with Gasteiger partial charge in [-0.3, -0.25) is 4.98 Å². The van der Waals surface area contributed by atoms with Gasteiger partial charge in [-0.05, 0) is 23.8 Å². The Morgan fingerprint density at radius 2 is 1.86 bits per heavy atom. The SMILES string of the molecule is Cn1c2ccncc2c2ccc(-c3ccc(O[C@H]4C[C@H](OCCO)C4)nc3)cc21. The van der Waals surface area contributed by atoms with Crippen molar-refractivity contribution < 1.29 is 14.6 Å². The molecule has 6 nitrogen and oxygen atoms in total. The third-order valence-corrected chi connectivity index (χ3v) is 5.66. The monoisotopic (exact) mass is 389 g/mol. The van der Waals surface area contributed by atoms with Gasteiger partial charge >= 0.3 is 0 Å². The summed E-state index contributed by atoms with van der Waals surface area (Å²) in [4.78, 5) is 8.75. The number of aryl methyl sites for hydroxylation is 1. The van der Waals surface area contributed by atoms with Crippen LogP contribution in [0.25, 0.3) is 32.9 Å². The van der Waals surface area contributed by atoms with Crippen LogP contribution in [-0.2, 0) is 11.8 Å². The molecule has 4 aromatic rings. The molecule has 29 heavy (non-hydrogen) atoms. The van der Waals surface area contributed by atoms with Crippen molar-refractivity contribution in [3.63, 3.8) is 0 Å². The van der Waals surface area contributed by atoms with Crippen molar-refractivity contribution >= 4 is 21.8 Å². The van der Waals surface area contributed by atoms with E-state index in [1.807, 2.05) is 36.8 Å². The number of nitrogens with zero attached hydrogens (tertiary/aromatic N) is 3. The summed E-state index contributed by atoms with van der Waals surface area (Å²) in [5, 5.41) is 11.2. The van der Waals surface area contributed by atoms with Crippen LogP contribution < -0.4 is 4.74 Å². The second-order valence-corrected chi connectivity index (χ2v) is 7.50. The molecular weight excluding hydrogens is 366 g/mol. The number of benzene rings is 1. The molecule has 0 amide bonds. The van der Waals surface area contributed by atoms with Gasteiger partial charge in [-0.1, -0.05) is 12.1 Å². The van der Waals surface area contributed by atoms with Crippen LogP contribution in [0.2, 0.25) is 0 Å². The zero-order valence-electron chi connectivity index (χ0n) is 16.3. The molecule has 1 aliphatic rings. The minimum atomic E-state index is 0.0620. The number of pyridine rings is 2. The maximum Gasteiger partial charge on any atom is 0.213 e. The number of rotatable bonds is 6. The zero-order chi connectivity index (χ0) is 19.8. The molecule has 1 aliphatic carbocycles. The number of hydrogen-bond acceptors (Lipinski definition) is 5. The number of ether oxygens (including phenoxy) is 2.